The van der Waals surface area contributed by atoms with Crippen molar-refractivity contribution < 1.29 is 14.2 Å². The first-order chi connectivity index (χ1) is 12.7. The molecule has 0 unspecified atom stereocenters. The van der Waals surface area contributed by atoms with Gasteiger partial charge in [-0.1, -0.05) is 32.0 Å². The van der Waals surface area contributed by atoms with Gasteiger partial charge in [-0.05, 0) is 30.9 Å². The van der Waals surface area contributed by atoms with Crippen LogP contribution in [0.2, 0.25) is 0 Å². The summed E-state index contributed by atoms with van der Waals surface area (Å²) in [6, 6.07) is 8.20. The van der Waals surface area contributed by atoms with Gasteiger partial charge in [0.2, 0.25) is 0 Å². The third kappa shape index (κ3) is 9.63. The van der Waals surface area contributed by atoms with Crippen LogP contribution in [0.1, 0.15) is 38.7 Å². The Balaban J connectivity index is 2.29. The number of aliphatic imine (C=N–C) groups is 1. The van der Waals surface area contributed by atoms with Crippen LogP contribution in [0.25, 0.3) is 0 Å². The number of hydrogen-bond donors (Lipinski definition) is 2. The van der Waals surface area contributed by atoms with E-state index in [9.17, 15) is 0 Å². The Labute approximate surface area is 158 Å². The Morgan fingerprint density at radius 3 is 2.62 bits per heavy atom. The van der Waals surface area contributed by atoms with Gasteiger partial charge in [-0.15, -0.1) is 0 Å². The molecule has 0 fully saturated rings. The molecule has 0 bridgehead atoms. The van der Waals surface area contributed by atoms with Crippen LogP contribution in [-0.2, 0) is 9.47 Å². The van der Waals surface area contributed by atoms with Gasteiger partial charge in [-0.3, -0.25) is 4.99 Å². The van der Waals surface area contributed by atoms with Crippen molar-refractivity contribution in [2.75, 3.05) is 53.2 Å². The second-order valence-electron chi connectivity index (χ2n) is 6.19. The van der Waals surface area contributed by atoms with Gasteiger partial charge in [-0.2, -0.15) is 0 Å². The third-order valence-corrected chi connectivity index (χ3v) is 3.69. The number of para-hydroxylation sites is 1. The number of nitrogens with one attached hydrogen (secondary N) is 2. The molecular formula is C20H35N3O3. The molecule has 0 radical (unpaired) electrons. The molecule has 6 heteroatoms. The summed E-state index contributed by atoms with van der Waals surface area (Å²) in [6.07, 6.45) is 0.887. The van der Waals surface area contributed by atoms with E-state index in [-0.39, 0.29) is 0 Å². The predicted molar refractivity (Wildman–Crippen MR) is 107 cm³/mol. The molecule has 148 valence electrons. The maximum absolute atomic E-state index is 5.93. The van der Waals surface area contributed by atoms with Crippen LogP contribution in [0.4, 0.5) is 0 Å². The number of guanidine groups is 1. The molecule has 0 spiro atoms. The molecule has 0 saturated heterocycles. The fourth-order valence-electron chi connectivity index (χ4n) is 2.36. The van der Waals surface area contributed by atoms with Gasteiger partial charge in [0, 0.05) is 26.8 Å². The molecule has 1 rings (SSSR count). The third-order valence-electron chi connectivity index (χ3n) is 3.69. The van der Waals surface area contributed by atoms with Crippen LogP contribution in [0.3, 0.4) is 0 Å². The van der Waals surface area contributed by atoms with Crippen LogP contribution in [0.15, 0.2) is 29.3 Å². The normalized spacial score (nSPS) is 11.7. The molecular weight excluding hydrogens is 330 g/mol. The second-order valence-corrected chi connectivity index (χ2v) is 6.19. The molecule has 0 atom stereocenters. The number of nitrogens with zero attached hydrogens (tertiary/aromatic N) is 1. The van der Waals surface area contributed by atoms with E-state index in [1.54, 1.807) is 7.11 Å². The van der Waals surface area contributed by atoms with Crippen molar-refractivity contribution in [3.05, 3.63) is 29.8 Å². The summed E-state index contributed by atoms with van der Waals surface area (Å²) in [5, 5.41) is 6.55. The highest BCUT2D eigenvalue weighted by Gasteiger charge is 2.06. The fraction of sp³-hybridized carbons (Fsp3) is 0.650. The van der Waals surface area contributed by atoms with Gasteiger partial charge in [0.15, 0.2) is 5.96 Å². The van der Waals surface area contributed by atoms with E-state index in [2.05, 4.69) is 48.5 Å². The Kier molecular flexibility index (Phi) is 12.3. The first-order valence-electron chi connectivity index (χ1n) is 9.49. The van der Waals surface area contributed by atoms with Crippen LogP contribution >= 0.6 is 0 Å². The molecule has 0 aliphatic heterocycles. The minimum absolute atomic E-state index is 0.448. The quantitative estimate of drug-likeness (QED) is 0.320. The van der Waals surface area contributed by atoms with E-state index < -0.39 is 0 Å². The zero-order chi connectivity index (χ0) is 19.0. The highest BCUT2D eigenvalue weighted by molar-refractivity contribution is 5.79. The minimum Gasteiger partial charge on any atom is -0.491 e. The van der Waals surface area contributed by atoms with E-state index in [0.29, 0.717) is 38.9 Å². The van der Waals surface area contributed by atoms with Gasteiger partial charge in [-0.25, -0.2) is 0 Å². The predicted octanol–water partition coefficient (Wildman–Crippen LogP) is 2.80. The summed E-state index contributed by atoms with van der Waals surface area (Å²) >= 11 is 0. The van der Waals surface area contributed by atoms with Crippen LogP contribution in [0.5, 0.6) is 5.75 Å². The van der Waals surface area contributed by atoms with Crippen molar-refractivity contribution in [2.45, 2.75) is 33.1 Å². The summed E-state index contributed by atoms with van der Waals surface area (Å²) in [4.78, 5) is 4.55. The lowest BCUT2D eigenvalue weighted by atomic mass is 10.0. The summed E-state index contributed by atoms with van der Waals surface area (Å²) in [5.74, 6) is 2.22. The summed E-state index contributed by atoms with van der Waals surface area (Å²) in [6.45, 7) is 11.2. The SMILES string of the molecule is CCNC(=NCCCOCCOC)NCCOc1ccccc1C(C)C. The molecule has 0 aromatic heterocycles. The monoisotopic (exact) mass is 365 g/mol. The van der Waals surface area contributed by atoms with Crippen molar-refractivity contribution in [1.29, 1.82) is 0 Å². The summed E-state index contributed by atoms with van der Waals surface area (Å²) < 4.78 is 16.3. The van der Waals surface area contributed by atoms with E-state index in [1.807, 2.05) is 12.1 Å². The molecule has 0 heterocycles. The van der Waals surface area contributed by atoms with Crippen LogP contribution < -0.4 is 15.4 Å². The lowest BCUT2D eigenvalue weighted by Gasteiger charge is -2.15. The van der Waals surface area contributed by atoms with Crippen molar-refractivity contribution in [2.24, 2.45) is 4.99 Å². The Morgan fingerprint density at radius 2 is 1.88 bits per heavy atom. The van der Waals surface area contributed by atoms with E-state index in [1.165, 1.54) is 5.56 Å². The molecule has 26 heavy (non-hydrogen) atoms. The van der Waals surface area contributed by atoms with Crippen molar-refractivity contribution in [1.82, 2.24) is 10.6 Å². The molecule has 1 aromatic rings. The molecule has 1 aromatic carbocycles. The molecule has 2 N–H and O–H groups in total. The van der Waals surface area contributed by atoms with Gasteiger partial charge >= 0.3 is 0 Å². The largest absolute Gasteiger partial charge is 0.491 e. The fourth-order valence-corrected chi connectivity index (χ4v) is 2.36. The molecule has 0 aliphatic rings. The standard InChI is InChI=1S/C20H35N3O3/c1-5-21-20(22-11-8-13-25-16-15-24-4)23-12-14-26-19-10-7-6-9-18(19)17(2)3/h6-7,9-10,17H,5,8,11-16H2,1-4H3,(H2,21,22,23). The van der Waals surface area contributed by atoms with Crippen LogP contribution in [-0.4, -0.2) is 59.1 Å². The van der Waals surface area contributed by atoms with Crippen molar-refractivity contribution >= 4 is 5.96 Å². The maximum atomic E-state index is 5.93. The lowest BCUT2D eigenvalue weighted by molar-refractivity contribution is 0.0702. The van der Waals surface area contributed by atoms with E-state index in [0.717, 1.165) is 31.2 Å². The second kappa shape index (κ2) is 14.4. The molecule has 0 amide bonds. The molecule has 6 nitrogen and oxygen atoms in total. The van der Waals surface area contributed by atoms with Gasteiger partial charge in [0.05, 0.1) is 19.8 Å². The number of ether oxygens (including phenoxy) is 3. The highest BCUT2D eigenvalue weighted by atomic mass is 16.5. The number of methoxy groups -OCH3 is 1. The first-order valence-corrected chi connectivity index (χ1v) is 9.49. The van der Waals surface area contributed by atoms with Gasteiger partial charge in [0.25, 0.3) is 0 Å². The number of benzene rings is 1. The average molecular weight is 366 g/mol. The van der Waals surface area contributed by atoms with E-state index in [4.69, 9.17) is 14.2 Å². The Hall–Kier alpha value is -1.79. The number of rotatable bonds is 13. The topological polar surface area (TPSA) is 64.1 Å². The average Bonchev–Trinajstić information content (AvgIpc) is 2.64. The molecule has 0 saturated carbocycles. The maximum Gasteiger partial charge on any atom is 0.191 e. The Morgan fingerprint density at radius 1 is 1.08 bits per heavy atom. The summed E-state index contributed by atoms with van der Waals surface area (Å²) in [7, 11) is 1.67. The zero-order valence-electron chi connectivity index (χ0n) is 16.7. The van der Waals surface area contributed by atoms with Crippen molar-refractivity contribution in [3.8, 4) is 5.75 Å². The van der Waals surface area contributed by atoms with Crippen LogP contribution in [0, 0.1) is 0 Å². The number of hydrogen-bond acceptors (Lipinski definition) is 4. The van der Waals surface area contributed by atoms with Gasteiger partial charge < -0.3 is 24.8 Å². The zero-order valence-corrected chi connectivity index (χ0v) is 16.7. The minimum atomic E-state index is 0.448. The smallest absolute Gasteiger partial charge is 0.191 e. The first kappa shape index (κ1) is 22.3. The van der Waals surface area contributed by atoms with Gasteiger partial charge in [0.1, 0.15) is 12.4 Å². The molecule has 0 aliphatic carbocycles. The summed E-state index contributed by atoms with van der Waals surface area (Å²) in [5.41, 5.74) is 1.24. The van der Waals surface area contributed by atoms with Crippen molar-refractivity contribution in [3.63, 3.8) is 0 Å². The Bertz CT molecular complexity index is 507. The highest BCUT2D eigenvalue weighted by Crippen LogP contribution is 2.25. The lowest BCUT2D eigenvalue weighted by Crippen LogP contribution is -2.39. The van der Waals surface area contributed by atoms with E-state index >= 15 is 0 Å².